The molecule has 1 saturated carbocycles. The molecule has 1 aromatic rings. The molecular weight excluding hydrogens is 232 g/mol. The second kappa shape index (κ2) is 5.66. The molecule has 2 unspecified atom stereocenters. The van der Waals surface area contributed by atoms with Crippen LogP contribution in [0.5, 0.6) is 0 Å². The van der Waals surface area contributed by atoms with Gasteiger partial charge in [0.2, 0.25) is 0 Å². The van der Waals surface area contributed by atoms with Crippen LogP contribution in [-0.2, 0) is 5.60 Å². The highest BCUT2D eigenvalue weighted by Crippen LogP contribution is 2.41. The van der Waals surface area contributed by atoms with E-state index in [0.29, 0.717) is 0 Å². The van der Waals surface area contributed by atoms with E-state index in [1.54, 1.807) is 0 Å². The first-order valence-corrected chi connectivity index (χ1v) is 7.72. The molecule has 1 aliphatic rings. The van der Waals surface area contributed by atoms with Gasteiger partial charge in [-0.3, -0.25) is 0 Å². The normalized spacial score (nSPS) is 28.4. The summed E-state index contributed by atoms with van der Waals surface area (Å²) in [6.07, 6.45) is 5.40. The third-order valence-electron chi connectivity index (χ3n) is 4.93. The topological polar surface area (TPSA) is 20.2 Å². The van der Waals surface area contributed by atoms with Crippen molar-refractivity contribution in [2.24, 2.45) is 11.8 Å². The maximum Gasteiger partial charge on any atom is 0.0899 e. The van der Waals surface area contributed by atoms with Gasteiger partial charge >= 0.3 is 0 Å². The minimum Gasteiger partial charge on any atom is -0.385 e. The van der Waals surface area contributed by atoms with Crippen LogP contribution in [0.4, 0.5) is 0 Å². The lowest BCUT2D eigenvalue weighted by Gasteiger charge is -2.29. The van der Waals surface area contributed by atoms with E-state index < -0.39 is 5.60 Å². The molecule has 1 aromatic carbocycles. The van der Waals surface area contributed by atoms with Crippen LogP contribution in [0.2, 0.25) is 0 Å². The largest absolute Gasteiger partial charge is 0.385 e. The van der Waals surface area contributed by atoms with E-state index in [0.717, 1.165) is 43.1 Å². The summed E-state index contributed by atoms with van der Waals surface area (Å²) in [6.45, 7) is 8.86. The van der Waals surface area contributed by atoms with Crippen LogP contribution in [-0.4, -0.2) is 5.11 Å². The first-order chi connectivity index (χ1) is 8.92. The Morgan fingerprint density at radius 1 is 1.16 bits per heavy atom. The second-order valence-electron chi connectivity index (χ2n) is 6.78. The summed E-state index contributed by atoms with van der Waals surface area (Å²) >= 11 is 0. The highest BCUT2D eigenvalue weighted by molar-refractivity contribution is 5.35. The van der Waals surface area contributed by atoms with Crippen molar-refractivity contribution in [3.63, 3.8) is 0 Å². The Kier molecular flexibility index (Phi) is 4.35. The molecule has 0 saturated heterocycles. The smallest absolute Gasteiger partial charge is 0.0899 e. The summed E-state index contributed by atoms with van der Waals surface area (Å²) in [5.74, 6) is 1.51. The third-order valence-corrected chi connectivity index (χ3v) is 4.93. The molecule has 1 aliphatic carbocycles. The van der Waals surface area contributed by atoms with E-state index in [2.05, 4.69) is 45.9 Å². The van der Waals surface area contributed by atoms with E-state index >= 15 is 0 Å². The van der Waals surface area contributed by atoms with E-state index in [4.69, 9.17) is 0 Å². The third kappa shape index (κ3) is 3.20. The van der Waals surface area contributed by atoms with E-state index in [1.807, 2.05) is 0 Å². The summed E-state index contributed by atoms with van der Waals surface area (Å²) < 4.78 is 0. The molecule has 1 N–H and O–H groups in total. The zero-order valence-electron chi connectivity index (χ0n) is 12.9. The monoisotopic (exact) mass is 260 g/mol. The highest BCUT2D eigenvalue weighted by Gasteiger charge is 2.34. The average Bonchev–Trinajstić information content (AvgIpc) is 2.55. The summed E-state index contributed by atoms with van der Waals surface area (Å²) in [6, 6.07) is 6.47. The Labute approximate surface area is 118 Å². The molecule has 0 amide bonds. The van der Waals surface area contributed by atoms with Crippen molar-refractivity contribution in [3.8, 4) is 0 Å². The van der Waals surface area contributed by atoms with E-state index in [9.17, 15) is 5.11 Å². The van der Waals surface area contributed by atoms with Gasteiger partial charge in [0.15, 0.2) is 0 Å². The summed E-state index contributed by atoms with van der Waals surface area (Å²) in [4.78, 5) is 0. The van der Waals surface area contributed by atoms with Gasteiger partial charge in [0.05, 0.1) is 5.60 Å². The van der Waals surface area contributed by atoms with Gasteiger partial charge in [-0.2, -0.15) is 0 Å². The summed E-state index contributed by atoms with van der Waals surface area (Å²) in [5, 5.41) is 11.1. The van der Waals surface area contributed by atoms with Gasteiger partial charge in [-0.1, -0.05) is 44.0 Å². The lowest BCUT2D eigenvalue weighted by Crippen LogP contribution is -2.26. The van der Waals surface area contributed by atoms with Crippen molar-refractivity contribution in [2.75, 3.05) is 0 Å². The van der Waals surface area contributed by atoms with E-state index in [-0.39, 0.29) is 0 Å². The van der Waals surface area contributed by atoms with Crippen molar-refractivity contribution in [1.82, 2.24) is 0 Å². The molecule has 0 spiro atoms. The standard InChI is InChI=1S/C18H28O/c1-13(2)16-6-5-10-18(19,11-9-16)17-12-14(3)7-8-15(17)4/h7-8,12-13,16,19H,5-6,9-11H2,1-4H3. The quantitative estimate of drug-likeness (QED) is 0.762. The fourth-order valence-electron chi connectivity index (χ4n) is 3.52. The van der Waals surface area contributed by atoms with Gasteiger partial charge < -0.3 is 5.11 Å². The molecular formula is C18H28O. The van der Waals surface area contributed by atoms with Crippen LogP contribution in [0.25, 0.3) is 0 Å². The first kappa shape index (κ1) is 14.6. The van der Waals surface area contributed by atoms with Crippen molar-refractivity contribution in [2.45, 2.75) is 65.4 Å². The molecule has 0 heterocycles. The van der Waals surface area contributed by atoms with Crippen LogP contribution >= 0.6 is 0 Å². The Morgan fingerprint density at radius 3 is 2.58 bits per heavy atom. The number of rotatable bonds is 2. The maximum absolute atomic E-state index is 11.1. The molecule has 0 bridgehead atoms. The van der Waals surface area contributed by atoms with Gasteiger partial charge in [-0.15, -0.1) is 0 Å². The number of benzene rings is 1. The van der Waals surface area contributed by atoms with Gasteiger partial charge in [-0.25, -0.2) is 0 Å². The van der Waals surface area contributed by atoms with Crippen molar-refractivity contribution >= 4 is 0 Å². The number of aliphatic hydroxyl groups is 1. The van der Waals surface area contributed by atoms with Gasteiger partial charge in [0.25, 0.3) is 0 Å². The van der Waals surface area contributed by atoms with Gasteiger partial charge in [-0.05, 0) is 62.5 Å². The average molecular weight is 260 g/mol. The minimum absolute atomic E-state index is 0.597. The van der Waals surface area contributed by atoms with Crippen LogP contribution in [0.3, 0.4) is 0 Å². The Hall–Kier alpha value is -0.820. The van der Waals surface area contributed by atoms with Crippen LogP contribution < -0.4 is 0 Å². The summed E-state index contributed by atoms with van der Waals surface area (Å²) in [5.41, 5.74) is 3.05. The van der Waals surface area contributed by atoms with E-state index in [1.165, 1.54) is 17.5 Å². The van der Waals surface area contributed by atoms with Crippen LogP contribution in [0.1, 0.15) is 62.6 Å². The fourth-order valence-corrected chi connectivity index (χ4v) is 3.52. The van der Waals surface area contributed by atoms with Crippen molar-refractivity contribution < 1.29 is 5.11 Å². The molecule has 0 aromatic heterocycles. The number of hydrogen-bond acceptors (Lipinski definition) is 1. The first-order valence-electron chi connectivity index (χ1n) is 7.72. The molecule has 1 heteroatoms. The van der Waals surface area contributed by atoms with Crippen LogP contribution in [0, 0.1) is 25.7 Å². The SMILES string of the molecule is Cc1ccc(C)c(C2(O)CCCC(C(C)C)CC2)c1. The lowest BCUT2D eigenvalue weighted by molar-refractivity contribution is 0.0185. The fraction of sp³-hybridized carbons (Fsp3) is 0.667. The molecule has 106 valence electrons. The Bertz CT molecular complexity index is 435. The summed E-state index contributed by atoms with van der Waals surface area (Å²) in [7, 11) is 0. The molecule has 1 nitrogen and oxygen atoms in total. The maximum atomic E-state index is 11.1. The highest BCUT2D eigenvalue weighted by atomic mass is 16.3. The van der Waals surface area contributed by atoms with Crippen molar-refractivity contribution in [3.05, 3.63) is 34.9 Å². The second-order valence-corrected chi connectivity index (χ2v) is 6.78. The zero-order chi connectivity index (χ0) is 14.0. The van der Waals surface area contributed by atoms with Crippen molar-refractivity contribution in [1.29, 1.82) is 0 Å². The lowest BCUT2D eigenvalue weighted by atomic mass is 9.82. The van der Waals surface area contributed by atoms with Crippen LogP contribution in [0.15, 0.2) is 18.2 Å². The predicted octanol–water partition coefficient (Wildman–Crippen LogP) is 4.73. The Balaban J connectivity index is 2.25. The Morgan fingerprint density at radius 2 is 1.89 bits per heavy atom. The molecule has 2 rings (SSSR count). The zero-order valence-corrected chi connectivity index (χ0v) is 12.9. The molecule has 1 fully saturated rings. The van der Waals surface area contributed by atoms with Gasteiger partial charge in [0.1, 0.15) is 0 Å². The minimum atomic E-state index is -0.597. The number of hydrogen-bond donors (Lipinski definition) is 1. The molecule has 0 aliphatic heterocycles. The molecule has 0 radical (unpaired) electrons. The van der Waals surface area contributed by atoms with Gasteiger partial charge in [0, 0.05) is 0 Å². The molecule has 19 heavy (non-hydrogen) atoms. The number of aryl methyl sites for hydroxylation is 2. The molecule has 2 atom stereocenters. The predicted molar refractivity (Wildman–Crippen MR) is 81.2 cm³/mol.